The van der Waals surface area contributed by atoms with Crippen molar-refractivity contribution in [1.29, 1.82) is 0 Å². The maximum atomic E-state index is 6.11. The van der Waals surface area contributed by atoms with Gasteiger partial charge in [-0.1, -0.05) is 6.07 Å². The SMILES string of the molecule is ClC1CCc2ccc(I)cc21. The average molecular weight is 279 g/mol. The number of fused-ring (bicyclic) bond motifs is 1. The van der Waals surface area contributed by atoms with Gasteiger partial charge in [-0.05, 0) is 58.7 Å². The van der Waals surface area contributed by atoms with E-state index in [0.717, 1.165) is 12.8 Å². The molecule has 0 bridgehead atoms. The Morgan fingerprint density at radius 3 is 3.09 bits per heavy atom. The normalized spacial score (nSPS) is 21.8. The third kappa shape index (κ3) is 1.41. The molecule has 0 spiro atoms. The molecule has 1 aliphatic rings. The zero-order chi connectivity index (χ0) is 7.84. The van der Waals surface area contributed by atoms with E-state index in [0.29, 0.717) is 0 Å². The molecule has 0 nitrogen and oxygen atoms in total. The van der Waals surface area contributed by atoms with E-state index in [9.17, 15) is 0 Å². The lowest BCUT2D eigenvalue weighted by Crippen LogP contribution is -1.84. The van der Waals surface area contributed by atoms with Gasteiger partial charge in [0.1, 0.15) is 0 Å². The highest BCUT2D eigenvalue weighted by atomic mass is 127. The first-order valence-corrected chi connectivity index (χ1v) is 5.21. The summed E-state index contributed by atoms with van der Waals surface area (Å²) in [6.07, 6.45) is 2.26. The van der Waals surface area contributed by atoms with Crippen LogP contribution >= 0.6 is 34.2 Å². The standard InChI is InChI=1S/C9H8ClI/c10-9-4-2-6-1-3-7(11)5-8(6)9/h1,3,5,9H,2,4H2. The Bertz CT molecular complexity index is 283. The smallest absolute Gasteiger partial charge is 0.0591 e. The highest BCUT2D eigenvalue weighted by molar-refractivity contribution is 14.1. The van der Waals surface area contributed by atoms with E-state index in [4.69, 9.17) is 11.6 Å². The molecule has 2 rings (SSSR count). The minimum Gasteiger partial charge on any atom is -0.118 e. The van der Waals surface area contributed by atoms with Crippen molar-refractivity contribution in [3.8, 4) is 0 Å². The van der Waals surface area contributed by atoms with Crippen molar-refractivity contribution in [2.45, 2.75) is 18.2 Å². The summed E-state index contributed by atoms with van der Waals surface area (Å²) in [6, 6.07) is 6.54. The fourth-order valence-electron chi connectivity index (χ4n) is 1.52. The van der Waals surface area contributed by atoms with Gasteiger partial charge in [0.2, 0.25) is 0 Å². The molecule has 1 aromatic rings. The Morgan fingerprint density at radius 2 is 2.27 bits per heavy atom. The maximum absolute atomic E-state index is 6.11. The van der Waals surface area contributed by atoms with Crippen molar-refractivity contribution in [2.24, 2.45) is 0 Å². The van der Waals surface area contributed by atoms with Gasteiger partial charge in [0, 0.05) is 3.57 Å². The Kier molecular flexibility index (Phi) is 2.10. The van der Waals surface area contributed by atoms with Gasteiger partial charge in [-0.3, -0.25) is 0 Å². The first-order chi connectivity index (χ1) is 5.27. The second-order valence-electron chi connectivity index (χ2n) is 2.85. The van der Waals surface area contributed by atoms with Gasteiger partial charge in [0.15, 0.2) is 0 Å². The monoisotopic (exact) mass is 278 g/mol. The number of alkyl halides is 1. The largest absolute Gasteiger partial charge is 0.118 e. The topological polar surface area (TPSA) is 0 Å². The number of hydrogen-bond acceptors (Lipinski definition) is 0. The molecule has 1 aromatic carbocycles. The van der Waals surface area contributed by atoms with Gasteiger partial charge in [-0.15, -0.1) is 11.6 Å². The fourth-order valence-corrected chi connectivity index (χ4v) is 2.35. The summed E-state index contributed by atoms with van der Waals surface area (Å²) in [4.78, 5) is 0. The third-order valence-corrected chi connectivity index (χ3v) is 3.24. The second kappa shape index (κ2) is 2.94. The summed E-state index contributed by atoms with van der Waals surface area (Å²) in [6.45, 7) is 0. The molecule has 11 heavy (non-hydrogen) atoms. The van der Waals surface area contributed by atoms with Gasteiger partial charge >= 0.3 is 0 Å². The molecule has 58 valence electrons. The van der Waals surface area contributed by atoms with E-state index in [1.807, 2.05) is 0 Å². The van der Waals surface area contributed by atoms with Crippen molar-refractivity contribution in [3.05, 3.63) is 32.9 Å². The Hall–Kier alpha value is 0.240. The van der Waals surface area contributed by atoms with Crippen LogP contribution in [0.1, 0.15) is 22.9 Å². The van der Waals surface area contributed by atoms with E-state index in [-0.39, 0.29) is 5.38 Å². The predicted octanol–water partition coefficient (Wildman–Crippen LogP) is 3.52. The van der Waals surface area contributed by atoms with Gasteiger partial charge in [-0.2, -0.15) is 0 Å². The minimum absolute atomic E-state index is 0.264. The van der Waals surface area contributed by atoms with Crippen molar-refractivity contribution >= 4 is 34.2 Å². The fraction of sp³-hybridized carbons (Fsp3) is 0.333. The summed E-state index contributed by atoms with van der Waals surface area (Å²) >= 11 is 8.44. The van der Waals surface area contributed by atoms with Crippen LogP contribution in [0.25, 0.3) is 0 Å². The molecule has 1 atom stereocenters. The lowest BCUT2D eigenvalue weighted by molar-refractivity contribution is 0.881. The van der Waals surface area contributed by atoms with Crippen molar-refractivity contribution in [2.75, 3.05) is 0 Å². The minimum atomic E-state index is 0.264. The Balaban J connectivity index is 2.52. The van der Waals surface area contributed by atoms with Gasteiger partial charge in [0.25, 0.3) is 0 Å². The summed E-state index contributed by atoms with van der Waals surface area (Å²) in [5, 5.41) is 0.264. The molecule has 0 fully saturated rings. The maximum Gasteiger partial charge on any atom is 0.0591 e. The molecular formula is C9H8ClI. The molecule has 0 saturated heterocycles. The number of hydrogen-bond donors (Lipinski definition) is 0. The van der Waals surface area contributed by atoms with Crippen LogP contribution in [-0.2, 0) is 6.42 Å². The van der Waals surface area contributed by atoms with Crippen LogP contribution in [-0.4, -0.2) is 0 Å². The third-order valence-electron chi connectivity index (χ3n) is 2.11. The lowest BCUT2D eigenvalue weighted by atomic mass is 10.1. The number of benzene rings is 1. The molecule has 0 aromatic heterocycles. The van der Waals surface area contributed by atoms with E-state index < -0.39 is 0 Å². The predicted molar refractivity (Wildman–Crippen MR) is 56.1 cm³/mol. The molecule has 1 unspecified atom stereocenters. The number of aryl methyl sites for hydroxylation is 1. The Morgan fingerprint density at radius 1 is 1.45 bits per heavy atom. The van der Waals surface area contributed by atoms with Crippen LogP contribution in [0.15, 0.2) is 18.2 Å². The average Bonchev–Trinajstić information content (AvgIpc) is 2.33. The highest BCUT2D eigenvalue weighted by Gasteiger charge is 2.19. The summed E-state index contributed by atoms with van der Waals surface area (Å²) in [5.74, 6) is 0. The lowest BCUT2D eigenvalue weighted by Gasteiger charge is -2.01. The quantitative estimate of drug-likeness (QED) is 0.503. The van der Waals surface area contributed by atoms with Gasteiger partial charge in [0.05, 0.1) is 5.38 Å². The van der Waals surface area contributed by atoms with Crippen LogP contribution in [0.4, 0.5) is 0 Å². The van der Waals surface area contributed by atoms with Crippen molar-refractivity contribution < 1.29 is 0 Å². The van der Waals surface area contributed by atoms with Crippen molar-refractivity contribution in [3.63, 3.8) is 0 Å². The van der Waals surface area contributed by atoms with E-state index >= 15 is 0 Å². The van der Waals surface area contributed by atoms with Crippen LogP contribution in [0.2, 0.25) is 0 Å². The summed E-state index contributed by atoms with van der Waals surface area (Å²) in [7, 11) is 0. The van der Waals surface area contributed by atoms with Crippen LogP contribution < -0.4 is 0 Å². The van der Waals surface area contributed by atoms with Crippen LogP contribution in [0.3, 0.4) is 0 Å². The zero-order valence-corrected chi connectivity index (χ0v) is 8.89. The van der Waals surface area contributed by atoms with Gasteiger partial charge in [-0.25, -0.2) is 0 Å². The molecule has 0 radical (unpaired) electrons. The van der Waals surface area contributed by atoms with E-state index in [1.54, 1.807) is 0 Å². The van der Waals surface area contributed by atoms with E-state index in [1.165, 1.54) is 14.7 Å². The van der Waals surface area contributed by atoms with Crippen molar-refractivity contribution in [1.82, 2.24) is 0 Å². The molecule has 2 heteroatoms. The zero-order valence-electron chi connectivity index (χ0n) is 5.98. The van der Waals surface area contributed by atoms with Gasteiger partial charge < -0.3 is 0 Å². The molecule has 0 saturated carbocycles. The molecular weight excluding hydrogens is 270 g/mol. The Labute approximate surface area is 85.1 Å². The molecule has 0 aliphatic heterocycles. The van der Waals surface area contributed by atoms with E-state index in [2.05, 4.69) is 40.8 Å². The summed E-state index contributed by atoms with van der Waals surface area (Å²) < 4.78 is 1.29. The number of rotatable bonds is 0. The summed E-state index contributed by atoms with van der Waals surface area (Å²) in [5.41, 5.74) is 2.78. The molecule has 0 N–H and O–H groups in total. The molecule has 0 amide bonds. The molecule has 0 heterocycles. The van der Waals surface area contributed by atoms with Crippen LogP contribution in [0.5, 0.6) is 0 Å². The first-order valence-electron chi connectivity index (χ1n) is 3.70. The van der Waals surface area contributed by atoms with Crippen LogP contribution in [0, 0.1) is 3.57 Å². The number of halogens is 2. The second-order valence-corrected chi connectivity index (χ2v) is 4.62. The molecule has 1 aliphatic carbocycles. The highest BCUT2D eigenvalue weighted by Crippen LogP contribution is 2.36. The first kappa shape index (κ1) is 7.87.